The Kier molecular flexibility index (Phi) is 2.81. The molecule has 0 aromatic heterocycles. The summed E-state index contributed by atoms with van der Waals surface area (Å²) in [5, 5.41) is 2.47. The maximum Gasteiger partial charge on any atom is 0.247 e. The van der Waals surface area contributed by atoms with E-state index in [2.05, 4.69) is 11.9 Å². The van der Waals surface area contributed by atoms with Gasteiger partial charge in [0.05, 0.1) is 0 Å². The van der Waals surface area contributed by atoms with Gasteiger partial charge < -0.3 is 5.32 Å². The van der Waals surface area contributed by atoms with Gasteiger partial charge in [-0.2, -0.15) is 0 Å². The van der Waals surface area contributed by atoms with E-state index in [0.29, 0.717) is 25.2 Å². The molecule has 1 fully saturated rings. The zero-order valence-electron chi connectivity index (χ0n) is 7.14. The largest absolute Gasteiger partial charge is 0.355 e. The van der Waals surface area contributed by atoms with Crippen molar-refractivity contribution in [2.75, 3.05) is 26.7 Å². The van der Waals surface area contributed by atoms with Gasteiger partial charge in [-0.1, -0.05) is 6.58 Å². The summed E-state index contributed by atoms with van der Waals surface area (Å²) in [6.45, 7) is 4.92. The molecule has 0 saturated carbocycles. The lowest BCUT2D eigenvalue weighted by molar-refractivity contribution is -0.117. The molecule has 0 atom stereocenters. The first-order valence-corrected chi connectivity index (χ1v) is 3.89. The number of rotatable bonds is 3. The molecule has 1 heterocycles. The Hall–Kier alpha value is -0.900. The van der Waals surface area contributed by atoms with E-state index >= 15 is 0 Å². The van der Waals surface area contributed by atoms with Crippen LogP contribution in [0.2, 0.25) is 0 Å². The monoisotopic (exact) mass is 172 g/mol. The lowest BCUT2D eigenvalue weighted by Gasteiger charge is -2.34. The zero-order chi connectivity index (χ0) is 9.14. The number of nitrogens with zero attached hydrogens (tertiary/aromatic N) is 1. The molecule has 3 nitrogen and oxygen atoms in total. The number of carbonyl (C=O) groups is 1. The van der Waals surface area contributed by atoms with Crippen molar-refractivity contribution < 1.29 is 9.18 Å². The molecule has 4 heteroatoms. The predicted molar refractivity (Wildman–Crippen MR) is 44.5 cm³/mol. The highest BCUT2D eigenvalue weighted by Gasteiger charge is 2.26. The molecular weight excluding hydrogens is 159 g/mol. The van der Waals surface area contributed by atoms with E-state index in [1.165, 1.54) is 0 Å². The average Bonchev–Trinajstić information content (AvgIpc) is 2.00. The lowest BCUT2D eigenvalue weighted by Crippen LogP contribution is -2.49. The van der Waals surface area contributed by atoms with Crippen LogP contribution < -0.4 is 5.32 Å². The molecular formula is C8H13FN2O. The first kappa shape index (κ1) is 9.19. The van der Waals surface area contributed by atoms with Gasteiger partial charge in [-0.15, -0.1) is 0 Å². The van der Waals surface area contributed by atoms with Gasteiger partial charge in [0.1, 0.15) is 6.17 Å². The second-order valence-corrected chi connectivity index (χ2v) is 2.97. The Morgan fingerprint density at radius 3 is 2.75 bits per heavy atom. The number of amides is 1. The van der Waals surface area contributed by atoms with E-state index in [0.717, 1.165) is 0 Å². The highest BCUT2D eigenvalue weighted by atomic mass is 19.1. The number of halogens is 1. The third-order valence-electron chi connectivity index (χ3n) is 1.88. The average molecular weight is 172 g/mol. The van der Waals surface area contributed by atoms with Crippen molar-refractivity contribution in [3.05, 3.63) is 12.2 Å². The van der Waals surface area contributed by atoms with Gasteiger partial charge in [0, 0.05) is 32.3 Å². The highest BCUT2D eigenvalue weighted by molar-refractivity contribution is 5.92. The number of likely N-dealkylation sites (tertiary alicyclic amines) is 1. The Morgan fingerprint density at radius 1 is 1.75 bits per heavy atom. The molecule has 0 bridgehead atoms. The Labute approximate surface area is 71.2 Å². The maximum atomic E-state index is 12.3. The predicted octanol–water partition coefficient (Wildman–Crippen LogP) is -0.0577. The molecule has 1 rings (SSSR count). The van der Waals surface area contributed by atoms with Crippen molar-refractivity contribution in [1.29, 1.82) is 0 Å². The van der Waals surface area contributed by atoms with Gasteiger partial charge in [-0.3, -0.25) is 9.69 Å². The fourth-order valence-corrected chi connectivity index (χ4v) is 1.15. The number of hydrogen-bond acceptors (Lipinski definition) is 2. The second kappa shape index (κ2) is 3.67. The summed E-state index contributed by atoms with van der Waals surface area (Å²) in [7, 11) is 1.56. The van der Waals surface area contributed by atoms with Gasteiger partial charge in [-0.05, 0) is 0 Å². The van der Waals surface area contributed by atoms with Crippen molar-refractivity contribution in [2.24, 2.45) is 0 Å². The van der Waals surface area contributed by atoms with Crippen molar-refractivity contribution >= 4 is 5.91 Å². The highest BCUT2D eigenvalue weighted by Crippen LogP contribution is 2.12. The topological polar surface area (TPSA) is 32.3 Å². The van der Waals surface area contributed by atoms with Gasteiger partial charge in [0.2, 0.25) is 5.91 Å². The zero-order valence-corrected chi connectivity index (χ0v) is 7.14. The van der Waals surface area contributed by atoms with E-state index in [1.54, 1.807) is 7.05 Å². The van der Waals surface area contributed by atoms with Crippen LogP contribution in [0.5, 0.6) is 0 Å². The smallest absolute Gasteiger partial charge is 0.247 e. The number of carbonyl (C=O) groups excluding carboxylic acids is 1. The molecule has 1 saturated heterocycles. The molecule has 68 valence electrons. The van der Waals surface area contributed by atoms with Crippen LogP contribution in [0.3, 0.4) is 0 Å². The van der Waals surface area contributed by atoms with E-state index in [9.17, 15) is 9.18 Å². The van der Waals surface area contributed by atoms with Gasteiger partial charge in [-0.25, -0.2) is 4.39 Å². The summed E-state index contributed by atoms with van der Waals surface area (Å²) < 4.78 is 12.3. The maximum absolute atomic E-state index is 12.3. The van der Waals surface area contributed by atoms with E-state index in [-0.39, 0.29) is 5.91 Å². The molecule has 0 aliphatic carbocycles. The van der Waals surface area contributed by atoms with E-state index in [4.69, 9.17) is 0 Å². The van der Waals surface area contributed by atoms with Crippen molar-refractivity contribution in [2.45, 2.75) is 6.17 Å². The summed E-state index contributed by atoms with van der Waals surface area (Å²) in [6, 6.07) is 0. The van der Waals surface area contributed by atoms with Crippen molar-refractivity contribution in [3.63, 3.8) is 0 Å². The number of nitrogens with one attached hydrogen (secondary N) is 1. The van der Waals surface area contributed by atoms with Crippen LogP contribution in [0.25, 0.3) is 0 Å². The van der Waals surface area contributed by atoms with Crippen LogP contribution in [-0.4, -0.2) is 43.7 Å². The van der Waals surface area contributed by atoms with Crippen LogP contribution >= 0.6 is 0 Å². The third-order valence-corrected chi connectivity index (χ3v) is 1.88. The minimum Gasteiger partial charge on any atom is -0.355 e. The van der Waals surface area contributed by atoms with Crippen molar-refractivity contribution in [3.8, 4) is 0 Å². The van der Waals surface area contributed by atoms with E-state index in [1.807, 2.05) is 4.90 Å². The molecule has 0 aromatic carbocycles. The Bertz CT molecular complexity index is 199. The third kappa shape index (κ3) is 2.04. The van der Waals surface area contributed by atoms with Crippen LogP contribution in [0.1, 0.15) is 0 Å². The summed E-state index contributed by atoms with van der Waals surface area (Å²) in [5.74, 6) is -0.169. The fraction of sp³-hybridized carbons (Fsp3) is 0.625. The van der Waals surface area contributed by atoms with Crippen LogP contribution in [0.15, 0.2) is 12.2 Å². The molecule has 0 radical (unpaired) electrons. The van der Waals surface area contributed by atoms with Crippen LogP contribution in [0, 0.1) is 0 Å². The van der Waals surface area contributed by atoms with Gasteiger partial charge in [0.25, 0.3) is 0 Å². The van der Waals surface area contributed by atoms with Gasteiger partial charge >= 0.3 is 0 Å². The number of hydrogen-bond donors (Lipinski definition) is 1. The Morgan fingerprint density at radius 2 is 2.33 bits per heavy atom. The fourth-order valence-electron chi connectivity index (χ4n) is 1.15. The lowest BCUT2D eigenvalue weighted by atomic mass is 10.1. The molecule has 1 aliphatic heterocycles. The second-order valence-electron chi connectivity index (χ2n) is 2.97. The number of alkyl halides is 1. The molecule has 0 unspecified atom stereocenters. The first-order chi connectivity index (χ1) is 5.63. The summed E-state index contributed by atoms with van der Waals surface area (Å²) in [6.07, 6.45) is -0.720. The summed E-state index contributed by atoms with van der Waals surface area (Å²) in [4.78, 5) is 12.8. The molecule has 12 heavy (non-hydrogen) atoms. The normalized spacial score (nSPS) is 18.5. The number of likely N-dealkylation sites (N-methyl/N-ethyl adjacent to an activating group) is 1. The molecule has 0 spiro atoms. The quantitative estimate of drug-likeness (QED) is 0.605. The molecule has 1 N–H and O–H groups in total. The minimum absolute atomic E-state index is 0.169. The van der Waals surface area contributed by atoms with Crippen LogP contribution in [0.4, 0.5) is 4.39 Å². The van der Waals surface area contributed by atoms with Crippen molar-refractivity contribution in [1.82, 2.24) is 10.2 Å². The molecule has 1 aliphatic rings. The first-order valence-electron chi connectivity index (χ1n) is 3.89. The van der Waals surface area contributed by atoms with E-state index < -0.39 is 6.17 Å². The Balaban J connectivity index is 2.23. The standard InChI is InChI=1S/C8H13FN2O/c1-6(8(12)10-2)3-11-4-7(9)5-11/h7H,1,3-5H2,2H3,(H,10,12). The summed E-state index contributed by atoms with van der Waals surface area (Å²) >= 11 is 0. The SMILES string of the molecule is C=C(CN1CC(F)C1)C(=O)NC. The molecule has 0 aromatic rings. The van der Waals surface area contributed by atoms with Crippen LogP contribution in [-0.2, 0) is 4.79 Å². The summed E-state index contributed by atoms with van der Waals surface area (Å²) in [5.41, 5.74) is 0.490. The van der Waals surface area contributed by atoms with Gasteiger partial charge in [0.15, 0.2) is 0 Å². The minimum atomic E-state index is -0.720. The molecule has 1 amide bonds.